The maximum absolute atomic E-state index is 11.7. The number of carbonyl (C=O) groups excluding carboxylic acids is 1. The molecule has 2 aromatic carbocycles. The predicted octanol–water partition coefficient (Wildman–Crippen LogP) is 3.60. The molecule has 120 valence electrons. The summed E-state index contributed by atoms with van der Waals surface area (Å²) in [4.78, 5) is 11.7. The van der Waals surface area contributed by atoms with Gasteiger partial charge in [-0.15, -0.1) is 0 Å². The first-order valence-electron chi connectivity index (χ1n) is 6.95. The Kier molecular flexibility index (Phi) is 5.54. The average molecular weight is 330 g/mol. The lowest BCUT2D eigenvalue weighted by atomic mass is 10.1. The van der Waals surface area contributed by atoms with Gasteiger partial charge in [-0.2, -0.15) is 0 Å². The molecular formula is C17H18N2O3S. The van der Waals surface area contributed by atoms with Gasteiger partial charge in [0.2, 0.25) is 0 Å². The molecule has 0 heterocycles. The molecule has 0 bridgehead atoms. The second kappa shape index (κ2) is 7.60. The van der Waals surface area contributed by atoms with Gasteiger partial charge in [0.1, 0.15) is 5.75 Å². The molecule has 0 amide bonds. The van der Waals surface area contributed by atoms with Crippen molar-refractivity contribution in [1.29, 1.82) is 0 Å². The van der Waals surface area contributed by atoms with Gasteiger partial charge >= 0.3 is 5.97 Å². The quantitative estimate of drug-likeness (QED) is 0.660. The van der Waals surface area contributed by atoms with E-state index >= 15 is 0 Å². The summed E-state index contributed by atoms with van der Waals surface area (Å²) < 4.78 is 9.88. The van der Waals surface area contributed by atoms with Crippen LogP contribution in [0.1, 0.15) is 15.9 Å². The molecule has 0 aliphatic heterocycles. The molecule has 2 rings (SSSR count). The molecule has 0 spiro atoms. The van der Waals surface area contributed by atoms with E-state index in [0.29, 0.717) is 10.7 Å². The van der Waals surface area contributed by atoms with Crippen molar-refractivity contribution < 1.29 is 14.3 Å². The van der Waals surface area contributed by atoms with Crippen molar-refractivity contribution in [3.8, 4) is 5.75 Å². The summed E-state index contributed by atoms with van der Waals surface area (Å²) in [6.45, 7) is 1.84. The van der Waals surface area contributed by atoms with Gasteiger partial charge in [0.15, 0.2) is 5.11 Å². The van der Waals surface area contributed by atoms with Crippen molar-refractivity contribution in [3.63, 3.8) is 0 Å². The number of hydrogen-bond donors (Lipinski definition) is 2. The van der Waals surface area contributed by atoms with E-state index in [4.69, 9.17) is 21.7 Å². The van der Waals surface area contributed by atoms with Gasteiger partial charge in [0.05, 0.1) is 19.8 Å². The summed E-state index contributed by atoms with van der Waals surface area (Å²) >= 11 is 5.31. The van der Waals surface area contributed by atoms with E-state index < -0.39 is 0 Å². The predicted molar refractivity (Wildman–Crippen MR) is 95.4 cm³/mol. The molecule has 0 fully saturated rings. The van der Waals surface area contributed by atoms with Crippen LogP contribution in [0.25, 0.3) is 0 Å². The van der Waals surface area contributed by atoms with Crippen LogP contribution < -0.4 is 15.4 Å². The molecule has 0 aliphatic carbocycles. The highest BCUT2D eigenvalue weighted by molar-refractivity contribution is 7.80. The molecule has 5 nitrogen and oxygen atoms in total. The van der Waals surface area contributed by atoms with Gasteiger partial charge < -0.3 is 20.1 Å². The first kappa shape index (κ1) is 16.8. The van der Waals surface area contributed by atoms with Crippen LogP contribution in [0.3, 0.4) is 0 Å². The largest absolute Gasteiger partial charge is 0.497 e. The highest BCUT2D eigenvalue weighted by Gasteiger charge is 2.12. The Morgan fingerprint density at radius 2 is 1.74 bits per heavy atom. The third-order valence-corrected chi connectivity index (χ3v) is 3.54. The van der Waals surface area contributed by atoms with Crippen LogP contribution in [0.5, 0.6) is 5.75 Å². The second-order valence-electron chi connectivity index (χ2n) is 4.78. The van der Waals surface area contributed by atoms with Crippen molar-refractivity contribution in [2.24, 2.45) is 0 Å². The smallest absolute Gasteiger partial charge is 0.338 e. The minimum Gasteiger partial charge on any atom is -0.497 e. The normalized spacial score (nSPS) is 9.87. The summed E-state index contributed by atoms with van der Waals surface area (Å²) in [7, 11) is 2.98. The fourth-order valence-corrected chi connectivity index (χ4v) is 2.29. The lowest BCUT2D eigenvalue weighted by Gasteiger charge is -2.14. The maximum Gasteiger partial charge on any atom is 0.338 e. The molecule has 0 unspecified atom stereocenters. The van der Waals surface area contributed by atoms with Crippen LogP contribution in [0, 0.1) is 6.92 Å². The topological polar surface area (TPSA) is 59.6 Å². The SMILES string of the molecule is COC(=O)c1cccc(NC(=S)Nc2ccc(OC)cc2)c1C. The molecule has 2 N–H and O–H groups in total. The molecule has 0 radical (unpaired) electrons. The number of nitrogens with one attached hydrogen (secondary N) is 2. The molecule has 0 aromatic heterocycles. The zero-order valence-corrected chi connectivity index (χ0v) is 14.0. The monoisotopic (exact) mass is 330 g/mol. The van der Waals surface area contributed by atoms with Gasteiger partial charge in [0.25, 0.3) is 0 Å². The number of benzene rings is 2. The fourth-order valence-electron chi connectivity index (χ4n) is 2.06. The van der Waals surface area contributed by atoms with Gasteiger partial charge in [-0.05, 0) is 61.1 Å². The van der Waals surface area contributed by atoms with E-state index in [-0.39, 0.29) is 5.97 Å². The summed E-state index contributed by atoms with van der Waals surface area (Å²) in [5, 5.41) is 6.60. The van der Waals surface area contributed by atoms with Crippen LogP contribution in [0.4, 0.5) is 11.4 Å². The Bertz CT molecular complexity index is 714. The third kappa shape index (κ3) is 4.20. The first-order valence-corrected chi connectivity index (χ1v) is 7.36. The number of hydrogen-bond acceptors (Lipinski definition) is 4. The van der Waals surface area contributed by atoms with Gasteiger partial charge in [-0.25, -0.2) is 4.79 Å². The Balaban J connectivity index is 2.09. The Morgan fingerprint density at radius 3 is 2.35 bits per heavy atom. The average Bonchev–Trinajstić information content (AvgIpc) is 2.56. The van der Waals surface area contributed by atoms with E-state index in [9.17, 15) is 4.79 Å². The number of thiocarbonyl (C=S) groups is 1. The summed E-state index contributed by atoms with van der Waals surface area (Å²) in [5.74, 6) is 0.399. The van der Waals surface area contributed by atoms with Crippen molar-refractivity contribution in [2.75, 3.05) is 24.9 Å². The van der Waals surface area contributed by atoms with Crippen LogP contribution in [0.15, 0.2) is 42.5 Å². The number of carbonyl (C=O) groups is 1. The van der Waals surface area contributed by atoms with Crippen LogP contribution >= 0.6 is 12.2 Å². The van der Waals surface area contributed by atoms with E-state index in [1.54, 1.807) is 19.2 Å². The number of ether oxygens (including phenoxy) is 2. The molecule has 0 saturated heterocycles. The van der Waals surface area contributed by atoms with Gasteiger partial charge in [0, 0.05) is 11.4 Å². The third-order valence-electron chi connectivity index (χ3n) is 3.34. The van der Waals surface area contributed by atoms with Gasteiger partial charge in [-0.1, -0.05) is 6.07 Å². The lowest BCUT2D eigenvalue weighted by molar-refractivity contribution is 0.0600. The first-order chi connectivity index (χ1) is 11.0. The molecule has 0 aliphatic rings. The van der Waals surface area contributed by atoms with Crippen LogP contribution in [-0.4, -0.2) is 25.3 Å². The van der Waals surface area contributed by atoms with Crippen molar-refractivity contribution in [2.45, 2.75) is 6.92 Å². The number of esters is 1. The molecular weight excluding hydrogens is 312 g/mol. The van der Waals surface area contributed by atoms with Crippen molar-refractivity contribution in [3.05, 3.63) is 53.6 Å². The minimum atomic E-state index is -0.375. The van der Waals surface area contributed by atoms with E-state index in [0.717, 1.165) is 22.7 Å². The van der Waals surface area contributed by atoms with E-state index in [1.165, 1.54) is 7.11 Å². The van der Waals surface area contributed by atoms with Crippen molar-refractivity contribution >= 4 is 34.7 Å². The lowest BCUT2D eigenvalue weighted by Crippen LogP contribution is -2.20. The standard InChI is InChI=1S/C17H18N2O3S/c1-11-14(16(20)22-3)5-4-6-15(11)19-17(23)18-12-7-9-13(21-2)10-8-12/h4-10H,1-3H3,(H2,18,19,23). The fraction of sp³-hybridized carbons (Fsp3) is 0.176. The number of anilines is 2. The molecule has 23 heavy (non-hydrogen) atoms. The zero-order valence-electron chi connectivity index (χ0n) is 13.2. The minimum absolute atomic E-state index is 0.375. The highest BCUT2D eigenvalue weighted by atomic mass is 32.1. The highest BCUT2D eigenvalue weighted by Crippen LogP contribution is 2.20. The molecule has 0 saturated carbocycles. The summed E-state index contributed by atoms with van der Waals surface area (Å²) in [6, 6.07) is 12.8. The summed E-state index contributed by atoms with van der Waals surface area (Å²) in [6.07, 6.45) is 0. The second-order valence-corrected chi connectivity index (χ2v) is 5.19. The van der Waals surface area contributed by atoms with Crippen LogP contribution in [-0.2, 0) is 4.74 Å². The Labute approximate surface area is 140 Å². The molecule has 0 atom stereocenters. The summed E-state index contributed by atoms with van der Waals surface area (Å²) in [5.41, 5.74) is 2.87. The van der Waals surface area contributed by atoms with Crippen LogP contribution in [0.2, 0.25) is 0 Å². The van der Waals surface area contributed by atoms with E-state index in [2.05, 4.69) is 10.6 Å². The zero-order chi connectivity index (χ0) is 16.8. The Morgan fingerprint density at radius 1 is 1.04 bits per heavy atom. The maximum atomic E-state index is 11.7. The Hall–Kier alpha value is -2.60. The van der Waals surface area contributed by atoms with Crippen molar-refractivity contribution in [1.82, 2.24) is 0 Å². The molecule has 2 aromatic rings. The number of methoxy groups -OCH3 is 2. The molecule has 6 heteroatoms. The van der Waals surface area contributed by atoms with E-state index in [1.807, 2.05) is 37.3 Å². The van der Waals surface area contributed by atoms with Gasteiger partial charge in [-0.3, -0.25) is 0 Å². The number of rotatable bonds is 4.